The Balaban J connectivity index is 1.16. The first-order valence-electron chi connectivity index (χ1n) is 25.5. The number of rotatable bonds is 29. The minimum absolute atomic E-state index is 0.00210. The molecule has 0 saturated heterocycles. The average Bonchev–Trinajstić information content (AvgIpc) is 3.51. The Morgan fingerprint density at radius 3 is 1.25 bits per heavy atom. The molecule has 0 saturated carbocycles. The minimum Gasteiger partial charge on any atom is -0.484 e. The maximum atomic E-state index is 14.7. The van der Waals surface area contributed by atoms with Gasteiger partial charge in [-0.15, -0.1) is 0 Å². The summed E-state index contributed by atoms with van der Waals surface area (Å²) in [6.07, 6.45) is 2.95. The molecule has 79 heavy (non-hydrogen) atoms. The Bertz CT molecular complexity index is 3190. The van der Waals surface area contributed by atoms with E-state index in [-0.39, 0.29) is 124 Å². The van der Waals surface area contributed by atoms with Crippen molar-refractivity contribution in [3.8, 4) is 23.0 Å². The van der Waals surface area contributed by atoms with Crippen LogP contribution in [0.2, 0.25) is 0 Å². The van der Waals surface area contributed by atoms with Crippen LogP contribution in [0, 0.1) is 0 Å². The molecule has 19 heteroatoms. The summed E-state index contributed by atoms with van der Waals surface area (Å²) >= 11 is 0. The molecule has 19 nitrogen and oxygen atoms in total. The number of aryl methyl sites for hydroxylation is 2. The predicted molar refractivity (Wildman–Crippen MR) is 294 cm³/mol. The summed E-state index contributed by atoms with van der Waals surface area (Å²) in [6.45, 7) is 0.151. The molecule has 0 fully saturated rings. The van der Waals surface area contributed by atoms with Gasteiger partial charge in [-0.1, -0.05) is 121 Å². The van der Waals surface area contributed by atoms with Crippen molar-refractivity contribution in [3.05, 3.63) is 223 Å². The minimum atomic E-state index is -1.32. The van der Waals surface area contributed by atoms with Crippen LogP contribution in [0.15, 0.2) is 168 Å². The molecular formula is C60H62N6O13. The summed E-state index contributed by atoms with van der Waals surface area (Å²) in [5, 5.41) is 28.8. The van der Waals surface area contributed by atoms with E-state index in [2.05, 4.69) is 16.0 Å². The van der Waals surface area contributed by atoms with Gasteiger partial charge in [0.1, 0.15) is 32.0 Å². The van der Waals surface area contributed by atoms with Gasteiger partial charge in [-0.25, -0.2) is 4.79 Å². The molecule has 2 heterocycles. The fourth-order valence-corrected chi connectivity index (χ4v) is 8.39. The summed E-state index contributed by atoms with van der Waals surface area (Å²) in [5.74, 6) is -4.87. The van der Waals surface area contributed by atoms with Crippen LogP contribution in [0.1, 0.15) is 82.9 Å². The largest absolute Gasteiger partial charge is 0.484 e. The molecule has 5 N–H and O–H groups in total. The number of aromatic nitrogens is 2. The van der Waals surface area contributed by atoms with Gasteiger partial charge in [0.25, 0.3) is 28.8 Å². The van der Waals surface area contributed by atoms with Crippen LogP contribution in [0.5, 0.6) is 23.0 Å². The van der Waals surface area contributed by atoms with E-state index in [0.29, 0.717) is 0 Å². The number of aliphatic carboxylic acids is 1. The number of carbonyl (C=O) groups excluding carboxylic acids is 3. The van der Waals surface area contributed by atoms with E-state index in [0.717, 1.165) is 22.3 Å². The van der Waals surface area contributed by atoms with Crippen LogP contribution in [0.25, 0.3) is 0 Å². The highest BCUT2D eigenvalue weighted by molar-refractivity contribution is 6.01. The van der Waals surface area contributed by atoms with Crippen LogP contribution >= 0.6 is 0 Å². The average molecular weight is 1080 g/mol. The van der Waals surface area contributed by atoms with Gasteiger partial charge in [-0.3, -0.25) is 33.7 Å². The SMILES string of the molecule is Cn1ccc(C(=O)NCCN(CCNC(=O)c2ccn(C)c(=O)c2OCc2ccccc2)CC(CCCC(=O)O)NC(=O)c2ccc(C(=O)O)c(OCc3ccccc3)c2OCc2ccccc2)c(OCc2ccccc2)c1=O. The number of carboxylic acids is 2. The standard InChI is InChI=1S/C60H62N6O13/c1-64-32-28-47(53(58(64)72)78-39-43-20-11-5-12-21-43)55(69)61-30-34-66(35-31-62-56(70)48-29-33-65(2)59(73)54(48)79-40-44-22-13-6-14-23-44)36-45(24-15-25-50(67)68)63-57(71)46-26-27-49(60(74)75)52(77-38-42-18-9-4-10-19-42)51(46)76-37-41-16-7-3-8-17-41/h3-14,16-23,26-29,32-33,45H,15,24-25,30-31,34-40H2,1-2H3,(H,61,69)(H,62,70)(H,63,71)(H,67,68)(H,74,75). The van der Waals surface area contributed by atoms with Crippen molar-refractivity contribution >= 4 is 29.7 Å². The van der Waals surface area contributed by atoms with Gasteiger partial charge in [0.05, 0.1) is 16.7 Å². The number of nitrogens with zero attached hydrogens (tertiary/aromatic N) is 3. The third-order valence-corrected chi connectivity index (χ3v) is 12.6. The lowest BCUT2D eigenvalue weighted by Gasteiger charge is -2.29. The zero-order valence-corrected chi connectivity index (χ0v) is 43.8. The van der Waals surface area contributed by atoms with Crippen LogP contribution in [-0.4, -0.2) is 92.7 Å². The second-order valence-electron chi connectivity index (χ2n) is 18.4. The number of aromatic carboxylic acids is 1. The highest BCUT2D eigenvalue weighted by atomic mass is 16.5. The molecule has 5 aromatic carbocycles. The Hall–Kier alpha value is -9.49. The van der Waals surface area contributed by atoms with Crippen molar-refractivity contribution in [3.63, 3.8) is 0 Å². The maximum Gasteiger partial charge on any atom is 0.339 e. The molecule has 1 atom stereocenters. The molecule has 0 aliphatic carbocycles. The lowest BCUT2D eigenvalue weighted by atomic mass is 10.0. The molecule has 0 aliphatic heterocycles. The summed E-state index contributed by atoms with van der Waals surface area (Å²) in [5.41, 5.74) is 1.66. The first-order valence-corrected chi connectivity index (χ1v) is 25.5. The van der Waals surface area contributed by atoms with E-state index in [1.807, 2.05) is 102 Å². The second kappa shape index (κ2) is 28.6. The van der Waals surface area contributed by atoms with Crippen LogP contribution < -0.4 is 46.0 Å². The highest BCUT2D eigenvalue weighted by Gasteiger charge is 2.28. The van der Waals surface area contributed by atoms with Gasteiger partial charge < -0.3 is 54.2 Å². The first-order chi connectivity index (χ1) is 38.2. The van der Waals surface area contributed by atoms with Crippen molar-refractivity contribution in [1.29, 1.82) is 0 Å². The number of carbonyl (C=O) groups is 5. The van der Waals surface area contributed by atoms with Gasteiger partial charge in [0, 0.05) is 71.7 Å². The highest BCUT2D eigenvalue weighted by Crippen LogP contribution is 2.37. The Morgan fingerprint density at radius 1 is 0.494 bits per heavy atom. The summed E-state index contributed by atoms with van der Waals surface area (Å²) in [4.78, 5) is 95.6. The lowest BCUT2D eigenvalue weighted by molar-refractivity contribution is -0.137. The Morgan fingerprint density at radius 2 is 0.861 bits per heavy atom. The van der Waals surface area contributed by atoms with Crippen molar-refractivity contribution in [2.24, 2.45) is 14.1 Å². The number of amides is 3. The van der Waals surface area contributed by atoms with E-state index in [1.54, 1.807) is 38.4 Å². The summed E-state index contributed by atoms with van der Waals surface area (Å²) < 4.78 is 26.9. The van der Waals surface area contributed by atoms with E-state index < -0.39 is 46.8 Å². The lowest BCUT2D eigenvalue weighted by Crippen LogP contribution is -2.48. The molecule has 3 amide bonds. The molecule has 2 aromatic heterocycles. The van der Waals surface area contributed by atoms with Gasteiger partial charge in [0.15, 0.2) is 23.0 Å². The molecule has 7 rings (SSSR count). The number of hydrogen-bond acceptors (Lipinski definition) is 12. The molecule has 0 bridgehead atoms. The smallest absolute Gasteiger partial charge is 0.339 e. The van der Waals surface area contributed by atoms with Gasteiger partial charge >= 0.3 is 11.9 Å². The third kappa shape index (κ3) is 16.5. The fraction of sp³-hybridized carbons (Fsp3) is 0.250. The summed E-state index contributed by atoms with van der Waals surface area (Å²) in [6, 6.07) is 41.2. The molecule has 0 aliphatic rings. The number of nitrogens with one attached hydrogen (secondary N) is 3. The van der Waals surface area contributed by atoms with E-state index >= 15 is 0 Å². The van der Waals surface area contributed by atoms with Crippen LogP contribution in [0.3, 0.4) is 0 Å². The van der Waals surface area contributed by atoms with Crippen molar-refractivity contribution in [2.45, 2.75) is 51.7 Å². The van der Waals surface area contributed by atoms with Gasteiger partial charge in [-0.05, 0) is 59.4 Å². The molecule has 0 radical (unpaired) electrons. The Labute approximate surface area is 456 Å². The Kier molecular flexibility index (Phi) is 20.7. The number of pyridine rings is 2. The van der Waals surface area contributed by atoms with Crippen LogP contribution in [-0.2, 0) is 45.3 Å². The molecular weight excluding hydrogens is 1010 g/mol. The zero-order valence-electron chi connectivity index (χ0n) is 43.8. The third-order valence-electron chi connectivity index (χ3n) is 12.6. The maximum absolute atomic E-state index is 14.7. The van der Waals surface area contributed by atoms with Gasteiger partial charge in [-0.2, -0.15) is 0 Å². The quantitative estimate of drug-likeness (QED) is 0.0331. The molecule has 410 valence electrons. The number of carboxylic acid groups (broad SMARTS) is 2. The van der Waals surface area contributed by atoms with Gasteiger partial charge in [0.2, 0.25) is 0 Å². The van der Waals surface area contributed by atoms with E-state index in [1.165, 1.54) is 45.8 Å². The number of ether oxygens (including phenoxy) is 4. The van der Waals surface area contributed by atoms with E-state index in [9.17, 15) is 43.8 Å². The van der Waals surface area contributed by atoms with E-state index in [4.69, 9.17) is 18.9 Å². The normalized spacial score (nSPS) is 11.3. The van der Waals surface area contributed by atoms with Crippen molar-refractivity contribution in [2.75, 3.05) is 32.7 Å². The monoisotopic (exact) mass is 1070 g/mol. The first kappa shape index (κ1) is 57.2. The predicted octanol–water partition coefficient (Wildman–Crippen LogP) is 6.61. The number of benzene rings is 5. The zero-order chi connectivity index (χ0) is 56.1. The molecule has 1 unspecified atom stereocenters. The fourth-order valence-electron chi connectivity index (χ4n) is 8.39. The van der Waals surface area contributed by atoms with Crippen molar-refractivity contribution < 1.29 is 53.1 Å². The van der Waals surface area contributed by atoms with Crippen molar-refractivity contribution in [1.82, 2.24) is 30.0 Å². The van der Waals surface area contributed by atoms with Crippen LogP contribution in [0.4, 0.5) is 0 Å². The number of hydrogen-bond donors (Lipinski definition) is 5. The topological polar surface area (TPSA) is 246 Å². The second-order valence-corrected chi connectivity index (χ2v) is 18.4. The molecule has 7 aromatic rings. The summed E-state index contributed by atoms with van der Waals surface area (Å²) in [7, 11) is 3.08. The molecule has 0 spiro atoms.